The number of hydrogen-bond donors (Lipinski definition) is 1. The van der Waals surface area contributed by atoms with Gasteiger partial charge in [0.2, 0.25) is 0 Å². The number of halogens is 1. The molecule has 0 atom stereocenters. The van der Waals surface area contributed by atoms with Gasteiger partial charge in [0.05, 0.1) is 6.61 Å². The lowest BCUT2D eigenvalue weighted by molar-refractivity contribution is 0.154. The van der Waals surface area contributed by atoms with Crippen molar-refractivity contribution in [3.63, 3.8) is 0 Å². The van der Waals surface area contributed by atoms with E-state index < -0.39 is 0 Å². The molecule has 3 nitrogen and oxygen atoms in total. The molecule has 0 aromatic heterocycles. The predicted octanol–water partition coefficient (Wildman–Crippen LogP) is 2.77. The van der Waals surface area contributed by atoms with Crippen LogP contribution in [0, 0.1) is 0 Å². The summed E-state index contributed by atoms with van der Waals surface area (Å²) in [5.74, 6) is 0. The zero-order valence-corrected chi connectivity index (χ0v) is 12.2. The Labute approximate surface area is 112 Å². The first-order chi connectivity index (χ1) is 8.24. The van der Waals surface area contributed by atoms with Gasteiger partial charge in [-0.1, -0.05) is 22.0 Å². The summed E-state index contributed by atoms with van der Waals surface area (Å²) >= 11 is 3.55. The number of ether oxygens (including phenoxy) is 1. The van der Waals surface area contributed by atoms with Crippen LogP contribution in [0.4, 0.5) is 5.69 Å². The molecule has 17 heavy (non-hydrogen) atoms. The third-order valence-corrected chi connectivity index (χ3v) is 3.47. The minimum absolute atomic E-state index is 0.544. The molecule has 0 unspecified atom stereocenters. The molecule has 1 aromatic rings. The van der Waals surface area contributed by atoms with Crippen LogP contribution in [0.25, 0.3) is 0 Å². The van der Waals surface area contributed by atoms with Gasteiger partial charge in [0.15, 0.2) is 0 Å². The Kier molecular flexibility index (Phi) is 6.55. The summed E-state index contributed by atoms with van der Waals surface area (Å²) in [7, 11) is 0. The van der Waals surface area contributed by atoms with E-state index in [1.165, 1.54) is 5.69 Å². The van der Waals surface area contributed by atoms with Crippen molar-refractivity contribution in [2.24, 2.45) is 5.73 Å². The maximum absolute atomic E-state index is 5.81. The van der Waals surface area contributed by atoms with Gasteiger partial charge in [0, 0.05) is 42.0 Å². The summed E-state index contributed by atoms with van der Waals surface area (Å²) in [6.07, 6.45) is 0. The Morgan fingerprint density at radius 1 is 1.35 bits per heavy atom. The quantitative estimate of drug-likeness (QED) is 0.787. The zero-order valence-electron chi connectivity index (χ0n) is 10.6. The molecule has 0 aliphatic carbocycles. The molecule has 0 radical (unpaired) electrons. The second-order valence-electron chi connectivity index (χ2n) is 3.72. The molecule has 0 bridgehead atoms. The Hall–Kier alpha value is -0.580. The summed E-state index contributed by atoms with van der Waals surface area (Å²) < 4.78 is 6.48. The second-order valence-corrected chi connectivity index (χ2v) is 4.57. The highest BCUT2D eigenvalue weighted by Gasteiger charge is 2.10. The number of nitrogens with zero attached hydrogens (tertiary/aromatic N) is 1. The first-order valence-corrected chi connectivity index (χ1v) is 6.84. The predicted molar refractivity (Wildman–Crippen MR) is 76.4 cm³/mol. The first-order valence-electron chi connectivity index (χ1n) is 6.04. The fraction of sp³-hybridized carbons (Fsp3) is 0.538. The molecule has 2 N–H and O–H groups in total. The standard InChI is InChI=1S/C13H21BrN2O/c1-3-16(8-9-17-4-2)13-7-5-6-12(14)11(13)10-15/h5-7H,3-4,8-10,15H2,1-2H3. The van der Waals surface area contributed by atoms with Crippen molar-refractivity contribution in [2.45, 2.75) is 20.4 Å². The number of likely N-dealkylation sites (N-methyl/N-ethyl adjacent to an activating group) is 1. The minimum atomic E-state index is 0.544. The Morgan fingerprint density at radius 2 is 2.12 bits per heavy atom. The van der Waals surface area contributed by atoms with E-state index in [4.69, 9.17) is 10.5 Å². The molecule has 0 spiro atoms. The van der Waals surface area contributed by atoms with E-state index >= 15 is 0 Å². The minimum Gasteiger partial charge on any atom is -0.380 e. The second kappa shape index (κ2) is 7.69. The van der Waals surface area contributed by atoms with Crippen LogP contribution in [-0.4, -0.2) is 26.3 Å². The highest BCUT2D eigenvalue weighted by Crippen LogP contribution is 2.27. The van der Waals surface area contributed by atoms with E-state index in [1.807, 2.05) is 19.1 Å². The molecule has 0 amide bonds. The third kappa shape index (κ3) is 3.98. The number of benzene rings is 1. The molecule has 4 heteroatoms. The Bertz CT molecular complexity index is 344. The van der Waals surface area contributed by atoms with Crippen LogP contribution in [0.3, 0.4) is 0 Å². The molecule has 0 aliphatic rings. The van der Waals surface area contributed by atoms with E-state index in [2.05, 4.69) is 33.8 Å². The average molecular weight is 301 g/mol. The maximum atomic E-state index is 5.81. The van der Waals surface area contributed by atoms with E-state index in [9.17, 15) is 0 Å². The molecule has 0 heterocycles. The summed E-state index contributed by atoms with van der Waals surface area (Å²) in [6, 6.07) is 6.19. The van der Waals surface area contributed by atoms with Crippen LogP contribution in [0.1, 0.15) is 19.4 Å². The number of anilines is 1. The van der Waals surface area contributed by atoms with Crippen LogP contribution in [0.15, 0.2) is 22.7 Å². The van der Waals surface area contributed by atoms with Gasteiger partial charge >= 0.3 is 0 Å². The SMILES string of the molecule is CCOCCN(CC)c1cccc(Br)c1CN. The maximum Gasteiger partial charge on any atom is 0.0641 e. The summed E-state index contributed by atoms with van der Waals surface area (Å²) in [4.78, 5) is 2.29. The number of nitrogens with two attached hydrogens (primary N) is 1. The highest BCUT2D eigenvalue weighted by atomic mass is 79.9. The summed E-state index contributed by atoms with van der Waals surface area (Å²) in [6.45, 7) is 8.07. The van der Waals surface area contributed by atoms with Crippen LogP contribution in [0.2, 0.25) is 0 Å². The highest BCUT2D eigenvalue weighted by molar-refractivity contribution is 9.10. The van der Waals surface area contributed by atoms with E-state index in [0.717, 1.165) is 36.3 Å². The zero-order chi connectivity index (χ0) is 12.7. The fourth-order valence-corrected chi connectivity index (χ4v) is 2.33. The topological polar surface area (TPSA) is 38.5 Å². The third-order valence-electron chi connectivity index (χ3n) is 2.73. The Balaban J connectivity index is 2.83. The van der Waals surface area contributed by atoms with Crippen molar-refractivity contribution in [2.75, 3.05) is 31.2 Å². The first kappa shape index (κ1) is 14.5. The smallest absolute Gasteiger partial charge is 0.0641 e. The van der Waals surface area contributed by atoms with Crippen LogP contribution in [-0.2, 0) is 11.3 Å². The molecule has 0 saturated carbocycles. The van der Waals surface area contributed by atoms with Gasteiger partial charge in [0.25, 0.3) is 0 Å². The Morgan fingerprint density at radius 3 is 2.71 bits per heavy atom. The number of hydrogen-bond acceptors (Lipinski definition) is 3. The van der Waals surface area contributed by atoms with Gasteiger partial charge in [-0.15, -0.1) is 0 Å². The van der Waals surface area contributed by atoms with Crippen LogP contribution < -0.4 is 10.6 Å². The molecule has 96 valence electrons. The van der Waals surface area contributed by atoms with Crippen molar-refractivity contribution in [1.29, 1.82) is 0 Å². The average Bonchev–Trinajstić information content (AvgIpc) is 2.34. The molecule has 0 fully saturated rings. The van der Waals surface area contributed by atoms with Crippen LogP contribution >= 0.6 is 15.9 Å². The largest absolute Gasteiger partial charge is 0.380 e. The molecule has 1 aromatic carbocycles. The van der Waals surface area contributed by atoms with Crippen LogP contribution in [0.5, 0.6) is 0 Å². The van der Waals surface area contributed by atoms with Gasteiger partial charge in [-0.25, -0.2) is 0 Å². The lowest BCUT2D eigenvalue weighted by atomic mass is 10.1. The van der Waals surface area contributed by atoms with Gasteiger partial charge in [-0.3, -0.25) is 0 Å². The lowest BCUT2D eigenvalue weighted by Crippen LogP contribution is -2.28. The molecular formula is C13H21BrN2O. The van der Waals surface area contributed by atoms with Gasteiger partial charge < -0.3 is 15.4 Å². The van der Waals surface area contributed by atoms with Gasteiger partial charge in [0.1, 0.15) is 0 Å². The van der Waals surface area contributed by atoms with Crippen molar-refractivity contribution < 1.29 is 4.74 Å². The van der Waals surface area contributed by atoms with E-state index in [1.54, 1.807) is 0 Å². The molecule has 0 saturated heterocycles. The van der Waals surface area contributed by atoms with Crippen molar-refractivity contribution in [3.8, 4) is 0 Å². The van der Waals surface area contributed by atoms with Gasteiger partial charge in [-0.2, -0.15) is 0 Å². The summed E-state index contributed by atoms with van der Waals surface area (Å²) in [5, 5.41) is 0. The van der Waals surface area contributed by atoms with Crippen molar-refractivity contribution >= 4 is 21.6 Å². The normalized spacial score (nSPS) is 10.6. The molecular weight excluding hydrogens is 280 g/mol. The number of rotatable bonds is 7. The monoisotopic (exact) mass is 300 g/mol. The van der Waals surface area contributed by atoms with Crippen molar-refractivity contribution in [1.82, 2.24) is 0 Å². The molecule has 0 aliphatic heterocycles. The lowest BCUT2D eigenvalue weighted by Gasteiger charge is -2.26. The van der Waals surface area contributed by atoms with Gasteiger partial charge in [-0.05, 0) is 26.0 Å². The summed E-state index contributed by atoms with van der Waals surface area (Å²) in [5.41, 5.74) is 8.17. The molecule has 1 rings (SSSR count). The van der Waals surface area contributed by atoms with Crippen molar-refractivity contribution in [3.05, 3.63) is 28.2 Å². The van der Waals surface area contributed by atoms with E-state index in [-0.39, 0.29) is 0 Å². The fourth-order valence-electron chi connectivity index (χ4n) is 1.81. The van der Waals surface area contributed by atoms with E-state index in [0.29, 0.717) is 6.54 Å².